The van der Waals surface area contributed by atoms with Crippen molar-refractivity contribution in [2.24, 2.45) is 0 Å². The maximum Gasteiger partial charge on any atom is 0.240 e. The molecule has 2 aromatic rings. The van der Waals surface area contributed by atoms with Gasteiger partial charge in [-0.2, -0.15) is 0 Å². The summed E-state index contributed by atoms with van der Waals surface area (Å²) in [7, 11) is -3.64. The van der Waals surface area contributed by atoms with Crippen molar-refractivity contribution < 1.29 is 23.4 Å². The lowest BCUT2D eigenvalue weighted by Gasteiger charge is -2.19. The highest BCUT2D eigenvalue weighted by atomic mass is 32.2. The molecule has 7 nitrogen and oxygen atoms in total. The van der Waals surface area contributed by atoms with E-state index < -0.39 is 22.2 Å². The van der Waals surface area contributed by atoms with Crippen molar-refractivity contribution in [1.29, 1.82) is 0 Å². The van der Waals surface area contributed by atoms with Crippen LogP contribution in [-0.2, 0) is 21.3 Å². The Morgan fingerprint density at radius 1 is 1.08 bits per heavy atom. The van der Waals surface area contributed by atoms with Crippen LogP contribution in [0.25, 0.3) is 0 Å². The predicted octanol–water partition coefficient (Wildman–Crippen LogP) is 0.589. The van der Waals surface area contributed by atoms with Crippen molar-refractivity contribution in [1.82, 2.24) is 10.0 Å². The first-order valence-electron chi connectivity index (χ1n) is 8.32. The molecule has 1 fully saturated rings. The number of para-hydroxylation sites is 1. The molecule has 0 radical (unpaired) electrons. The summed E-state index contributed by atoms with van der Waals surface area (Å²) in [4.78, 5) is 0.168. The third kappa shape index (κ3) is 4.40. The molecule has 1 aliphatic rings. The van der Waals surface area contributed by atoms with Gasteiger partial charge in [-0.05, 0) is 18.2 Å². The second-order valence-corrected chi connectivity index (χ2v) is 7.91. The summed E-state index contributed by atoms with van der Waals surface area (Å²) in [5.74, 6) is 0.181. The van der Waals surface area contributed by atoms with Crippen molar-refractivity contribution in [2.45, 2.75) is 29.7 Å². The molecule has 4 N–H and O–H groups in total. The Labute approximate surface area is 152 Å². The molecule has 1 aliphatic heterocycles. The number of aliphatic hydroxyl groups is 1. The van der Waals surface area contributed by atoms with E-state index in [0.717, 1.165) is 0 Å². The molecule has 140 valence electrons. The largest absolute Gasteiger partial charge is 0.508 e. The van der Waals surface area contributed by atoms with Gasteiger partial charge in [-0.3, -0.25) is 0 Å². The van der Waals surface area contributed by atoms with E-state index in [0.29, 0.717) is 12.1 Å². The van der Waals surface area contributed by atoms with E-state index in [1.54, 1.807) is 36.4 Å². The van der Waals surface area contributed by atoms with Crippen LogP contribution in [0.2, 0.25) is 0 Å². The van der Waals surface area contributed by atoms with Crippen LogP contribution in [0.5, 0.6) is 5.75 Å². The fraction of sp³-hybridized carbons (Fsp3) is 0.333. The first-order chi connectivity index (χ1) is 12.5. The normalized spacial score (nSPS) is 23.2. The second kappa shape index (κ2) is 8.15. The van der Waals surface area contributed by atoms with E-state index in [-0.39, 0.29) is 29.8 Å². The molecule has 1 saturated heterocycles. The average molecular weight is 378 g/mol. The zero-order valence-corrected chi connectivity index (χ0v) is 14.9. The predicted molar refractivity (Wildman–Crippen MR) is 96.1 cm³/mol. The number of hydrogen-bond acceptors (Lipinski definition) is 6. The zero-order chi connectivity index (χ0) is 18.6. The number of benzene rings is 2. The number of nitrogens with one attached hydrogen (secondary N) is 2. The van der Waals surface area contributed by atoms with Gasteiger partial charge in [0.15, 0.2) is 0 Å². The van der Waals surface area contributed by atoms with Crippen LogP contribution in [0.15, 0.2) is 59.5 Å². The fourth-order valence-corrected chi connectivity index (χ4v) is 3.88. The molecular formula is C18H22N2O5S. The molecule has 0 aliphatic carbocycles. The minimum Gasteiger partial charge on any atom is -0.508 e. The van der Waals surface area contributed by atoms with Gasteiger partial charge in [-0.25, -0.2) is 13.1 Å². The maximum atomic E-state index is 12.2. The number of phenols is 1. The highest BCUT2D eigenvalue weighted by Crippen LogP contribution is 2.18. The molecule has 2 aromatic carbocycles. The number of rotatable bonds is 7. The number of hydrogen-bond donors (Lipinski definition) is 4. The van der Waals surface area contributed by atoms with Gasteiger partial charge in [0, 0.05) is 18.7 Å². The summed E-state index contributed by atoms with van der Waals surface area (Å²) in [5.41, 5.74) is 0.716. The Bertz CT molecular complexity index is 828. The minimum atomic E-state index is -3.64. The van der Waals surface area contributed by atoms with Crippen molar-refractivity contribution in [2.75, 3.05) is 13.2 Å². The third-order valence-electron chi connectivity index (χ3n) is 4.36. The molecule has 26 heavy (non-hydrogen) atoms. The Hall–Kier alpha value is -1.97. The summed E-state index contributed by atoms with van der Waals surface area (Å²) in [6.45, 7) is 0.611. The molecule has 1 heterocycles. The quantitative estimate of drug-likeness (QED) is 0.562. The molecular weight excluding hydrogens is 356 g/mol. The first kappa shape index (κ1) is 18.8. The van der Waals surface area contributed by atoms with E-state index in [9.17, 15) is 18.6 Å². The van der Waals surface area contributed by atoms with Crippen LogP contribution in [-0.4, -0.2) is 50.0 Å². The zero-order valence-electron chi connectivity index (χ0n) is 14.1. The van der Waals surface area contributed by atoms with Crippen molar-refractivity contribution in [3.63, 3.8) is 0 Å². The smallest absolute Gasteiger partial charge is 0.240 e. The van der Waals surface area contributed by atoms with Gasteiger partial charge in [0.2, 0.25) is 10.0 Å². The van der Waals surface area contributed by atoms with E-state index in [4.69, 9.17) is 4.74 Å². The number of ether oxygens (including phenoxy) is 1. The van der Waals surface area contributed by atoms with E-state index in [2.05, 4.69) is 10.0 Å². The van der Waals surface area contributed by atoms with Crippen LogP contribution < -0.4 is 10.0 Å². The van der Waals surface area contributed by atoms with Gasteiger partial charge < -0.3 is 20.3 Å². The van der Waals surface area contributed by atoms with Crippen LogP contribution in [0.3, 0.4) is 0 Å². The number of phenolic OH excluding ortho intramolecular Hbond substituents is 1. The number of aromatic hydroxyl groups is 1. The molecule has 0 amide bonds. The lowest BCUT2D eigenvalue weighted by molar-refractivity contribution is 0.0443. The Morgan fingerprint density at radius 3 is 2.50 bits per heavy atom. The lowest BCUT2D eigenvalue weighted by atomic mass is 10.1. The van der Waals surface area contributed by atoms with Crippen LogP contribution in [0, 0.1) is 0 Å². The third-order valence-corrected chi connectivity index (χ3v) is 5.80. The molecule has 3 atom stereocenters. The fourth-order valence-electron chi connectivity index (χ4n) is 2.82. The monoisotopic (exact) mass is 378 g/mol. The van der Waals surface area contributed by atoms with Crippen LogP contribution >= 0.6 is 0 Å². The number of sulfonamides is 1. The molecule has 8 heteroatoms. The summed E-state index contributed by atoms with van der Waals surface area (Å²) in [6.07, 6.45) is -1.50. The van der Waals surface area contributed by atoms with Crippen molar-refractivity contribution >= 4 is 10.0 Å². The van der Waals surface area contributed by atoms with Gasteiger partial charge in [-0.1, -0.05) is 36.4 Å². The molecule has 0 spiro atoms. The highest BCUT2D eigenvalue weighted by Gasteiger charge is 2.36. The van der Waals surface area contributed by atoms with E-state index in [1.165, 1.54) is 12.1 Å². The second-order valence-electron chi connectivity index (χ2n) is 6.14. The minimum absolute atomic E-state index is 0.0207. The number of aliphatic hydroxyl groups excluding tert-OH is 1. The summed E-state index contributed by atoms with van der Waals surface area (Å²) in [6, 6.07) is 14.6. The van der Waals surface area contributed by atoms with E-state index in [1.807, 2.05) is 6.07 Å². The highest BCUT2D eigenvalue weighted by molar-refractivity contribution is 7.89. The van der Waals surface area contributed by atoms with Gasteiger partial charge in [0.05, 0.1) is 29.8 Å². The van der Waals surface area contributed by atoms with Crippen LogP contribution in [0.4, 0.5) is 0 Å². The van der Waals surface area contributed by atoms with Crippen molar-refractivity contribution in [3.05, 3.63) is 60.2 Å². The standard InChI is InChI=1S/C18H22N2O5S/c21-16-9-5-4-6-13(16)10-19-15-12-25-17(18(15)22)11-20-26(23,24)14-7-2-1-3-8-14/h1-9,15,17-22H,10-12H2/t15-,17-,18+/m1/s1. The molecule has 0 unspecified atom stereocenters. The first-order valence-corrected chi connectivity index (χ1v) is 9.80. The SMILES string of the molecule is O=S(=O)(NC[C@H]1OC[C@@H](NCc2ccccc2O)[C@@H]1O)c1ccccc1. The molecule has 3 rings (SSSR count). The van der Waals surface area contributed by atoms with Gasteiger partial charge in [0.25, 0.3) is 0 Å². The summed E-state index contributed by atoms with van der Waals surface area (Å²) in [5, 5.41) is 23.3. The van der Waals surface area contributed by atoms with E-state index >= 15 is 0 Å². The maximum absolute atomic E-state index is 12.2. The Kier molecular flexibility index (Phi) is 5.90. The van der Waals surface area contributed by atoms with Crippen LogP contribution in [0.1, 0.15) is 5.56 Å². The average Bonchev–Trinajstić information content (AvgIpc) is 3.00. The van der Waals surface area contributed by atoms with Gasteiger partial charge in [-0.15, -0.1) is 0 Å². The Balaban J connectivity index is 1.53. The topological polar surface area (TPSA) is 108 Å². The van der Waals surface area contributed by atoms with Gasteiger partial charge in [0.1, 0.15) is 5.75 Å². The Morgan fingerprint density at radius 2 is 1.77 bits per heavy atom. The summed E-state index contributed by atoms with van der Waals surface area (Å²) < 4.78 is 32.5. The lowest BCUT2D eigenvalue weighted by Crippen LogP contribution is -2.44. The molecule has 0 aromatic heterocycles. The van der Waals surface area contributed by atoms with Crippen molar-refractivity contribution in [3.8, 4) is 5.75 Å². The molecule has 0 bridgehead atoms. The molecule has 0 saturated carbocycles. The van der Waals surface area contributed by atoms with Gasteiger partial charge >= 0.3 is 0 Å². The summed E-state index contributed by atoms with van der Waals surface area (Å²) >= 11 is 0.